The van der Waals surface area contributed by atoms with Gasteiger partial charge in [-0.2, -0.15) is 0 Å². The third-order valence-electron chi connectivity index (χ3n) is 25.1. The van der Waals surface area contributed by atoms with E-state index in [-0.39, 0.29) is 18.3 Å². The van der Waals surface area contributed by atoms with E-state index in [1.807, 2.05) is 26.8 Å². The zero-order valence-electron chi connectivity index (χ0n) is 58.2. The second-order valence-electron chi connectivity index (χ2n) is 31.3. The van der Waals surface area contributed by atoms with Gasteiger partial charge in [0.05, 0.1) is 51.3 Å². The van der Waals surface area contributed by atoms with Crippen LogP contribution in [-0.4, -0.2) is 342 Å². The van der Waals surface area contributed by atoms with Gasteiger partial charge in [0.25, 0.3) is 0 Å². The van der Waals surface area contributed by atoms with E-state index in [1.54, 1.807) is 6.92 Å². The maximum absolute atomic E-state index is 14.7. The maximum atomic E-state index is 14.7. The first-order valence-corrected chi connectivity index (χ1v) is 35.3. The lowest BCUT2D eigenvalue weighted by Gasteiger charge is -2.64. The molecule has 38 atom stereocenters. The number of hydrogen-bond acceptors (Lipinski definition) is 33. The average molecular weight is 1440 g/mol. The summed E-state index contributed by atoms with van der Waals surface area (Å²) in [4.78, 5) is 14.7. The molecule has 11 aliphatic rings. The third kappa shape index (κ3) is 13.0. The van der Waals surface area contributed by atoms with E-state index in [1.165, 1.54) is 21.1 Å². The molecule has 11 rings (SSSR count). The Morgan fingerprint density at radius 3 is 1.49 bits per heavy atom. The van der Waals surface area contributed by atoms with Crippen molar-refractivity contribution in [1.29, 1.82) is 0 Å². The van der Waals surface area contributed by atoms with Crippen LogP contribution < -0.4 is 0 Å². The predicted octanol–water partition coefficient (Wildman–Crippen LogP) is -4.92. The van der Waals surface area contributed by atoms with E-state index in [2.05, 4.69) is 20.8 Å². The molecule has 1 spiro atoms. The number of carbonyl (C=O) groups excluding carboxylic acids is 1. The van der Waals surface area contributed by atoms with Gasteiger partial charge in [0, 0.05) is 14.2 Å². The first-order valence-electron chi connectivity index (χ1n) is 35.3. The van der Waals surface area contributed by atoms with Crippen LogP contribution >= 0.6 is 0 Å². The zero-order valence-corrected chi connectivity index (χ0v) is 58.2. The van der Waals surface area contributed by atoms with Crippen LogP contribution in [0.3, 0.4) is 0 Å². The van der Waals surface area contributed by atoms with Gasteiger partial charge < -0.3 is 158 Å². The zero-order chi connectivity index (χ0) is 73.0. The molecule has 7 aliphatic heterocycles. The summed E-state index contributed by atoms with van der Waals surface area (Å²) in [6.07, 6.45) is -45.0. The van der Waals surface area contributed by atoms with Gasteiger partial charge in [-0.1, -0.05) is 59.6 Å². The Labute approximate surface area is 579 Å². The van der Waals surface area contributed by atoms with Crippen molar-refractivity contribution in [2.45, 2.75) is 315 Å². The number of cyclic esters (lactones) is 1. The van der Waals surface area contributed by atoms with E-state index >= 15 is 0 Å². The quantitative estimate of drug-likeness (QED) is 0.0274. The fourth-order valence-electron chi connectivity index (χ4n) is 19.4. The van der Waals surface area contributed by atoms with Crippen LogP contribution in [0.5, 0.6) is 0 Å². The first kappa shape index (κ1) is 79.0. The highest BCUT2D eigenvalue weighted by Gasteiger charge is 2.85. The second-order valence-corrected chi connectivity index (χ2v) is 31.3. The van der Waals surface area contributed by atoms with Gasteiger partial charge >= 0.3 is 5.97 Å². The smallest absolute Gasteiger partial charge is 0.319 e. The van der Waals surface area contributed by atoms with Crippen molar-refractivity contribution in [2.75, 3.05) is 47.3 Å². The molecule has 33 heteroatoms. The molecule has 0 unspecified atom stereocenters. The predicted molar refractivity (Wildman–Crippen MR) is 333 cm³/mol. The van der Waals surface area contributed by atoms with Crippen LogP contribution in [0.1, 0.15) is 113 Å². The molecule has 0 bridgehead atoms. The number of aliphatic hydroxyl groups is 17. The second kappa shape index (κ2) is 30.2. The van der Waals surface area contributed by atoms with Gasteiger partial charge in [0.1, 0.15) is 151 Å². The molecule has 17 N–H and O–H groups in total. The summed E-state index contributed by atoms with van der Waals surface area (Å²) in [6.45, 7) is 11.9. The summed E-state index contributed by atoms with van der Waals surface area (Å²) in [5, 5.41) is 193. The van der Waals surface area contributed by atoms with Crippen molar-refractivity contribution in [3.63, 3.8) is 0 Å². The Bertz CT molecular complexity index is 2790. The van der Waals surface area contributed by atoms with Gasteiger partial charge in [-0.15, -0.1) is 0 Å². The van der Waals surface area contributed by atoms with Crippen LogP contribution in [0.4, 0.5) is 0 Å². The Morgan fingerprint density at radius 2 is 0.990 bits per heavy atom. The minimum atomic E-state index is -2.10. The van der Waals surface area contributed by atoms with Crippen LogP contribution in [0.2, 0.25) is 0 Å². The summed E-state index contributed by atoms with van der Waals surface area (Å²) >= 11 is 0. The van der Waals surface area contributed by atoms with Crippen LogP contribution in [-0.2, 0) is 75.8 Å². The number of methoxy groups -OCH3 is 2. The number of allylic oxidation sites excluding steroid dienone is 1. The molecule has 100 heavy (non-hydrogen) atoms. The lowest BCUT2D eigenvalue weighted by molar-refractivity contribution is -0.397. The van der Waals surface area contributed by atoms with Crippen molar-refractivity contribution >= 4 is 5.97 Å². The minimum absolute atomic E-state index is 0.161. The Morgan fingerprint density at radius 1 is 0.520 bits per heavy atom. The maximum Gasteiger partial charge on any atom is 0.319 e. The van der Waals surface area contributed by atoms with Crippen molar-refractivity contribution < 1.29 is 163 Å². The van der Waals surface area contributed by atoms with Gasteiger partial charge in [0.2, 0.25) is 0 Å². The third-order valence-corrected chi connectivity index (χ3v) is 25.1. The summed E-state index contributed by atoms with van der Waals surface area (Å²) < 4.78 is 90.0. The molecular formula is C67H110O33. The highest BCUT2D eigenvalue weighted by atomic mass is 16.8. The number of carbonyl (C=O) groups is 1. The monoisotopic (exact) mass is 1440 g/mol. The Balaban J connectivity index is 0.843. The summed E-state index contributed by atoms with van der Waals surface area (Å²) in [5.41, 5.74) is -5.73. The average Bonchev–Trinajstić information content (AvgIpc) is 1.50. The van der Waals surface area contributed by atoms with E-state index < -0.39 is 262 Å². The molecule has 576 valence electrons. The van der Waals surface area contributed by atoms with Crippen molar-refractivity contribution in [3.8, 4) is 0 Å². The fraction of sp³-hybridized carbons (Fsp3) is 0.955. The number of hydrogen-bond donors (Lipinski definition) is 17. The lowest BCUT2D eigenvalue weighted by Crippen LogP contribution is -2.68. The van der Waals surface area contributed by atoms with Crippen molar-refractivity contribution in [1.82, 2.24) is 0 Å². The molecule has 0 aromatic heterocycles. The molecule has 33 nitrogen and oxygen atoms in total. The standard InChI is InChI=1S/C67H110O33/c1-26(2)12-11-16-65(8)66(85)19-18-64(7)28-13-14-35-62(4,5)37(15-17-63(35,6)29(28)20-36(72)67(64,66)61(84)100-65)95-60-54(42(77)34(25-88-60)94-56-47(82)52(40(75)32(23-70)90-56)97-57-45(80)50(86-9)38(73)30(21-68)91-57)99-55-44(79)43(78)49(27(3)89-55)96-59-48(83)53(41(76)33(24-71)93-59)98-58-46(81)51(87-10)39(74)31(22-69)92-58/h20,26-28,30-60,68-83,85H,11-19,21-25H2,1-10H3/t27-,28-,30-,31-,32-,33-,34-,35+,36+,37+,38-,39-,40-,41-,42+,43-,44-,45-,46-,47-,48-,49-,50+,51+,52+,53+,54-,55+,56+,57+,58+,59+,60+,63-,64+,65+,66+,67-/m1/s1. The van der Waals surface area contributed by atoms with Gasteiger partial charge in [0.15, 0.2) is 37.7 Å². The van der Waals surface area contributed by atoms with Gasteiger partial charge in [-0.25, -0.2) is 0 Å². The molecule has 7 saturated heterocycles. The minimum Gasteiger partial charge on any atom is -0.456 e. The SMILES string of the molecule is CO[C@@H]1[C@@H](O)[C@H](O[C@@H]2[C@@H](O)[C@H](O[C@H]3[C@H](O)[C@@H](O)[C@H](O[C@H]4[C@H](O[C@H]5CC[C@]6(C)C7=C[C@H](O)[C@]89C(=O)O[C@@](C)(CCCC(C)C)[C@@]8(O)CC[C@@]9(C)[C@@H]7CC[C@H]6C5(C)C)OC[C@@H](O[C@@H]5O[C@H](CO)[C@@H](O)[C@H](O[C@@H]6O[C@H](CO)[C@@H](O)[C@H](OC)[C@H]6O)[C@H]5O)[C@@H]4O)O[C@@H]3C)O[C@H](CO)[C@H]2O)O[C@H](CO)[C@H]1O. The Kier molecular flexibility index (Phi) is 23.9. The van der Waals surface area contributed by atoms with Crippen molar-refractivity contribution in [3.05, 3.63) is 11.6 Å². The molecule has 0 aromatic carbocycles. The molecule has 4 aliphatic carbocycles. The van der Waals surface area contributed by atoms with Crippen LogP contribution in [0.25, 0.3) is 0 Å². The highest BCUT2D eigenvalue weighted by molar-refractivity contribution is 5.86. The van der Waals surface area contributed by atoms with E-state index in [4.69, 9.17) is 71.1 Å². The molecule has 0 aromatic rings. The lowest BCUT2D eigenvalue weighted by atomic mass is 9.40. The van der Waals surface area contributed by atoms with Gasteiger partial charge in [-0.05, 0) is 99.2 Å². The number of ether oxygens (including phenoxy) is 15. The van der Waals surface area contributed by atoms with Crippen LogP contribution in [0, 0.1) is 39.4 Å². The van der Waals surface area contributed by atoms with Crippen LogP contribution in [0.15, 0.2) is 11.6 Å². The molecule has 10 fully saturated rings. The number of esters is 1. The summed E-state index contributed by atoms with van der Waals surface area (Å²) in [5.74, 6) is -0.568. The summed E-state index contributed by atoms with van der Waals surface area (Å²) in [7, 11) is 2.35. The molecule has 7 heterocycles. The first-order chi connectivity index (χ1) is 47.1. The molecule has 3 saturated carbocycles. The molecule has 0 radical (unpaired) electrons. The van der Waals surface area contributed by atoms with E-state index in [0.717, 1.165) is 18.4 Å². The largest absolute Gasteiger partial charge is 0.456 e. The number of rotatable bonds is 22. The van der Waals surface area contributed by atoms with E-state index in [0.29, 0.717) is 44.4 Å². The number of fused-ring (bicyclic) bond motifs is 4. The fourth-order valence-corrected chi connectivity index (χ4v) is 19.4. The normalized spacial score (nSPS) is 53.3. The number of aliphatic hydroxyl groups excluding tert-OH is 16. The topological polar surface area (TPSA) is 499 Å². The Hall–Kier alpha value is -2.03. The molecule has 0 amide bonds. The molecular weight excluding hydrogens is 1330 g/mol. The van der Waals surface area contributed by atoms with Crippen molar-refractivity contribution in [2.24, 2.45) is 39.4 Å². The van der Waals surface area contributed by atoms with Gasteiger partial charge in [-0.3, -0.25) is 4.79 Å². The highest BCUT2D eigenvalue weighted by Crippen LogP contribution is 2.77. The van der Waals surface area contributed by atoms with E-state index in [9.17, 15) is 91.6 Å². The summed E-state index contributed by atoms with van der Waals surface area (Å²) in [6, 6.07) is 0.